The first-order chi connectivity index (χ1) is 14.5. The maximum Gasteiger partial charge on any atom is 0.150 e. The molecule has 4 nitrogen and oxygen atoms in total. The van der Waals surface area contributed by atoms with Gasteiger partial charge in [-0.15, -0.1) is 11.3 Å². The van der Waals surface area contributed by atoms with E-state index in [1.807, 2.05) is 0 Å². The predicted octanol–water partition coefficient (Wildman–Crippen LogP) is 6.54. The van der Waals surface area contributed by atoms with Gasteiger partial charge in [0.25, 0.3) is 0 Å². The SMILES string of the molecule is CC(C)(C)c1cc(-c2nc(CCOc3ccc(C=O)cc3)cs2)cc(C(C)(C)C)c1O. The van der Waals surface area contributed by atoms with Crippen molar-refractivity contribution in [3.05, 3.63) is 64.2 Å². The number of aromatic hydroxyl groups is 1. The molecule has 0 aliphatic heterocycles. The highest BCUT2D eigenvalue weighted by Crippen LogP contribution is 2.42. The molecule has 3 aromatic rings. The van der Waals surface area contributed by atoms with Crippen molar-refractivity contribution in [3.63, 3.8) is 0 Å². The van der Waals surface area contributed by atoms with Gasteiger partial charge in [0.05, 0.1) is 12.3 Å². The lowest BCUT2D eigenvalue weighted by molar-refractivity contribution is 0.112. The van der Waals surface area contributed by atoms with E-state index in [0.29, 0.717) is 24.3 Å². The second-order valence-electron chi connectivity index (χ2n) is 9.85. The molecule has 0 amide bonds. The first-order valence-corrected chi connectivity index (χ1v) is 11.4. The Balaban J connectivity index is 1.80. The second-order valence-corrected chi connectivity index (χ2v) is 10.7. The van der Waals surface area contributed by atoms with E-state index in [4.69, 9.17) is 9.72 Å². The highest BCUT2D eigenvalue weighted by atomic mass is 32.1. The molecular formula is C26H31NO3S. The lowest BCUT2D eigenvalue weighted by atomic mass is 9.78. The van der Waals surface area contributed by atoms with Crippen LogP contribution >= 0.6 is 11.3 Å². The van der Waals surface area contributed by atoms with E-state index >= 15 is 0 Å². The van der Waals surface area contributed by atoms with Gasteiger partial charge in [0, 0.05) is 34.1 Å². The number of thiazole rings is 1. The zero-order valence-electron chi connectivity index (χ0n) is 19.2. The zero-order valence-corrected chi connectivity index (χ0v) is 20.0. The predicted molar refractivity (Wildman–Crippen MR) is 128 cm³/mol. The summed E-state index contributed by atoms with van der Waals surface area (Å²) in [6, 6.07) is 11.2. The number of hydrogen-bond donors (Lipinski definition) is 1. The Morgan fingerprint density at radius 3 is 2.10 bits per heavy atom. The number of aldehydes is 1. The first kappa shape index (κ1) is 23.0. The molecule has 0 saturated carbocycles. The van der Waals surface area contributed by atoms with E-state index in [9.17, 15) is 9.90 Å². The van der Waals surface area contributed by atoms with E-state index in [2.05, 4.69) is 59.1 Å². The van der Waals surface area contributed by atoms with Crippen LogP contribution in [0.1, 0.15) is 68.7 Å². The Labute approximate surface area is 188 Å². The third kappa shape index (κ3) is 5.53. The summed E-state index contributed by atoms with van der Waals surface area (Å²) in [5.41, 5.74) is 4.18. The second kappa shape index (κ2) is 8.83. The molecule has 0 atom stereocenters. The van der Waals surface area contributed by atoms with E-state index in [-0.39, 0.29) is 10.8 Å². The molecule has 1 N–H and O–H groups in total. The summed E-state index contributed by atoms with van der Waals surface area (Å²) in [4.78, 5) is 15.6. The van der Waals surface area contributed by atoms with Gasteiger partial charge in [0.2, 0.25) is 0 Å². The van der Waals surface area contributed by atoms with Crippen molar-refractivity contribution in [1.29, 1.82) is 0 Å². The lowest BCUT2D eigenvalue weighted by Crippen LogP contribution is -2.17. The van der Waals surface area contributed by atoms with Crippen molar-refractivity contribution in [2.45, 2.75) is 58.8 Å². The zero-order chi connectivity index (χ0) is 22.8. The van der Waals surface area contributed by atoms with E-state index in [1.54, 1.807) is 35.6 Å². The highest BCUT2D eigenvalue weighted by molar-refractivity contribution is 7.13. The van der Waals surface area contributed by atoms with Crippen molar-refractivity contribution in [1.82, 2.24) is 4.98 Å². The van der Waals surface area contributed by atoms with Gasteiger partial charge in [-0.2, -0.15) is 0 Å². The Bertz CT molecular complexity index is 1020. The summed E-state index contributed by atoms with van der Waals surface area (Å²) in [6.45, 7) is 13.2. The topological polar surface area (TPSA) is 59.4 Å². The number of benzene rings is 2. The van der Waals surface area contributed by atoms with Crippen LogP contribution in [0.25, 0.3) is 10.6 Å². The number of carbonyl (C=O) groups excluding carboxylic acids is 1. The number of phenols is 1. The molecule has 0 unspecified atom stereocenters. The smallest absolute Gasteiger partial charge is 0.150 e. The third-order valence-corrected chi connectivity index (χ3v) is 6.11. The summed E-state index contributed by atoms with van der Waals surface area (Å²) in [6.07, 6.45) is 1.52. The quantitative estimate of drug-likeness (QED) is 0.445. The summed E-state index contributed by atoms with van der Waals surface area (Å²) >= 11 is 1.61. The standard InChI is InChI=1S/C26H31NO3S/c1-25(2,3)21-13-18(14-22(23(21)29)26(4,5)6)24-27-19(16-31-24)11-12-30-20-9-7-17(15-28)8-10-20/h7-10,13-16,29H,11-12H2,1-6H3. The number of phenolic OH excluding ortho intramolecular Hbond substituents is 1. The maximum absolute atomic E-state index is 10.9. The van der Waals surface area contributed by atoms with Gasteiger partial charge in [0.15, 0.2) is 0 Å². The minimum Gasteiger partial charge on any atom is -0.507 e. The van der Waals surface area contributed by atoms with Crippen LogP contribution in [0.3, 0.4) is 0 Å². The number of nitrogens with zero attached hydrogens (tertiary/aromatic N) is 1. The van der Waals surface area contributed by atoms with Crippen LogP contribution in [0.4, 0.5) is 0 Å². The molecule has 5 heteroatoms. The van der Waals surface area contributed by atoms with Crippen LogP contribution in [0.2, 0.25) is 0 Å². The van der Waals surface area contributed by atoms with Crippen LogP contribution in [0.15, 0.2) is 41.8 Å². The number of ether oxygens (including phenoxy) is 1. The van der Waals surface area contributed by atoms with Crippen LogP contribution in [0.5, 0.6) is 11.5 Å². The molecule has 0 bridgehead atoms. The number of hydrogen-bond acceptors (Lipinski definition) is 5. The summed E-state index contributed by atoms with van der Waals surface area (Å²) in [7, 11) is 0. The van der Waals surface area contributed by atoms with Gasteiger partial charge >= 0.3 is 0 Å². The summed E-state index contributed by atoms with van der Waals surface area (Å²) in [5, 5.41) is 14.0. The van der Waals surface area contributed by atoms with Crippen molar-refractivity contribution in [2.75, 3.05) is 6.61 Å². The molecule has 1 heterocycles. The molecule has 2 aromatic carbocycles. The maximum atomic E-state index is 10.9. The third-order valence-electron chi connectivity index (χ3n) is 5.17. The number of carbonyl (C=O) groups is 1. The van der Waals surface area contributed by atoms with Gasteiger partial charge < -0.3 is 9.84 Å². The molecule has 0 spiro atoms. The molecule has 1 aromatic heterocycles. The summed E-state index contributed by atoms with van der Waals surface area (Å²) in [5.74, 6) is 1.12. The van der Waals surface area contributed by atoms with Gasteiger partial charge in [0.1, 0.15) is 22.8 Å². The first-order valence-electron chi connectivity index (χ1n) is 10.5. The van der Waals surface area contributed by atoms with Crippen LogP contribution < -0.4 is 4.74 Å². The summed E-state index contributed by atoms with van der Waals surface area (Å²) < 4.78 is 5.78. The highest BCUT2D eigenvalue weighted by Gasteiger charge is 2.27. The number of aromatic nitrogens is 1. The van der Waals surface area contributed by atoms with E-state index in [1.165, 1.54) is 0 Å². The fraction of sp³-hybridized carbons (Fsp3) is 0.385. The molecule has 164 valence electrons. The molecular weight excluding hydrogens is 406 g/mol. The van der Waals surface area contributed by atoms with Gasteiger partial charge in [-0.05, 0) is 47.2 Å². The Morgan fingerprint density at radius 1 is 1.00 bits per heavy atom. The van der Waals surface area contributed by atoms with Gasteiger partial charge in [-0.3, -0.25) is 4.79 Å². The average Bonchev–Trinajstić information content (AvgIpc) is 3.16. The minimum absolute atomic E-state index is 0.173. The monoisotopic (exact) mass is 437 g/mol. The average molecular weight is 438 g/mol. The van der Waals surface area contributed by atoms with Crippen molar-refractivity contribution in [3.8, 4) is 22.1 Å². The fourth-order valence-electron chi connectivity index (χ4n) is 3.37. The molecule has 0 radical (unpaired) electrons. The normalized spacial score (nSPS) is 12.1. The Hall–Kier alpha value is -2.66. The molecule has 0 fully saturated rings. The van der Waals surface area contributed by atoms with Crippen molar-refractivity contribution in [2.24, 2.45) is 0 Å². The van der Waals surface area contributed by atoms with Crippen LogP contribution in [-0.2, 0) is 17.3 Å². The lowest BCUT2D eigenvalue weighted by Gasteiger charge is -2.28. The van der Waals surface area contributed by atoms with Crippen LogP contribution in [-0.4, -0.2) is 23.0 Å². The van der Waals surface area contributed by atoms with Crippen LogP contribution in [0, 0.1) is 0 Å². The molecule has 3 rings (SSSR count). The van der Waals surface area contributed by atoms with Gasteiger partial charge in [-0.1, -0.05) is 41.5 Å². The number of rotatable bonds is 6. The largest absolute Gasteiger partial charge is 0.507 e. The minimum atomic E-state index is -0.173. The molecule has 0 aliphatic rings. The molecule has 0 aliphatic carbocycles. The Morgan fingerprint density at radius 2 is 1.58 bits per heavy atom. The Kier molecular flexibility index (Phi) is 6.56. The van der Waals surface area contributed by atoms with E-state index < -0.39 is 0 Å². The fourth-order valence-corrected chi connectivity index (χ4v) is 4.21. The molecule has 31 heavy (non-hydrogen) atoms. The van der Waals surface area contributed by atoms with Gasteiger partial charge in [-0.25, -0.2) is 4.98 Å². The van der Waals surface area contributed by atoms with E-state index in [0.717, 1.165) is 39.4 Å². The molecule has 0 saturated heterocycles. The van der Waals surface area contributed by atoms with Crippen molar-refractivity contribution >= 4 is 17.6 Å². The van der Waals surface area contributed by atoms with Crippen molar-refractivity contribution < 1.29 is 14.6 Å².